The Labute approximate surface area is 167 Å². The van der Waals surface area contributed by atoms with Crippen LogP contribution >= 0.6 is 24.0 Å². The van der Waals surface area contributed by atoms with Crippen molar-refractivity contribution in [1.29, 1.82) is 0 Å². The Morgan fingerprint density at radius 3 is 2.64 bits per heavy atom. The predicted octanol–water partition coefficient (Wildman–Crippen LogP) is 2.53. The van der Waals surface area contributed by atoms with Crippen molar-refractivity contribution in [2.75, 3.05) is 27.2 Å². The van der Waals surface area contributed by atoms with E-state index in [4.69, 9.17) is 4.74 Å². The molecule has 0 amide bonds. The van der Waals surface area contributed by atoms with E-state index >= 15 is 0 Å². The molecule has 0 saturated heterocycles. The molecular formula is C18H28IN5O. The number of nitrogens with zero attached hydrogens (tertiary/aromatic N) is 3. The minimum absolute atomic E-state index is 0. The van der Waals surface area contributed by atoms with Crippen LogP contribution in [0.15, 0.2) is 35.6 Å². The molecule has 1 aromatic carbocycles. The fourth-order valence-corrected chi connectivity index (χ4v) is 2.44. The summed E-state index contributed by atoms with van der Waals surface area (Å²) in [6.45, 7) is 6.49. The van der Waals surface area contributed by atoms with Crippen molar-refractivity contribution in [3.05, 3.63) is 47.3 Å². The molecule has 0 bridgehead atoms. The maximum atomic E-state index is 5.37. The van der Waals surface area contributed by atoms with E-state index in [0.717, 1.165) is 43.3 Å². The summed E-state index contributed by atoms with van der Waals surface area (Å²) in [6, 6.07) is 6.32. The standard InChI is InChI=1S/C18H27N5O.HI/c1-14-12-22-23(13-14)10-9-21-18(19-3)20-8-7-16-6-5-15(2)17(11-16)24-4;/h5-6,11-13H,7-10H2,1-4H3,(H2,19,20,21);1H. The fraction of sp³-hybridized carbons (Fsp3) is 0.444. The van der Waals surface area contributed by atoms with Gasteiger partial charge in [-0.15, -0.1) is 24.0 Å². The molecule has 0 fully saturated rings. The number of guanidine groups is 1. The van der Waals surface area contributed by atoms with Crippen LogP contribution in [0.2, 0.25) is 0 Å². The van der Waals surface area contributed by atoms with E-state index < -0.39 is 0 Å². The number of nitrogens with one attached hydrogen (secondary N) is 2. The lowest BCUT2D eigenvalue weighted by atomic mass is 10.1. The van der Waals surface area contributed by atoms with Crippen LogP contribution in [-0.2, 0) is 13.0 Å². The average molecular weight is 457 g/mol. The molecule has 0 atom stereocenters. The zero-order chi connectivity index (χ0) is 17.4. The van der Waals surface area contributed by atoms with Crippen LogP contribution in [0.5, 0.6) is 5.75 Å². The molecule has 25 heavy (non-hydrogen) atoms. The van der Waals surface area contributed by atoms with Gasteiger partial charge in [-0.05, 0) is 43.0 Å². The van der Waals surface area contributed by atoms with Gasteiger partial charge in [-0.2, -0.15) is 5.10 Å². The Morgan fingerprint density at radius 1 is 1.24 bits per heavy atom. The van der Waals surface area contributed by atoms with Gasteiger partial charge in [0.1, 0.15) is 5.75 Å². The Kier molecular flexibility index (Phi) is 9.33. The van der Waals surface area contributed by atoms with Gasteiger partial charge in [-0.1, -0.05) is 12.1 Å². The number of rotatable bonds is 7. The molecule has 0 radical (unpaired) electrons. The normalized spacial score (nSPS) is 11.0. The first-order valence-electron chi connectivity index (χ1n) is 8.19. The number of halogens is 1. The maximum absolute atomic E-state index is 5.37. The van der Waals surface area contributed by atoms with E-state index in [2.05, 4.69) is 38.9 Å². The average Bonchev–Trinajstić information content (AvgIpc) is 3.00. The molecule has 138 valence electrons. The minimum atomic E-state index is 0. The van der Waals surface area contributed by atoms with Gasteiger partial charge in [0.15, 0.2) is 5.96 Å². The predicted molar refractivity (Wildman–Crippen MR) is 113 cm³/mol. The zero-order valence-corrected chi connectivity index (χ0v) is 17.7. The van der Waals surface area contributed by atoms with Gasteiger partial charge in [-0.25, -0.2) is 0 Å². The Balaban J connectivity index is 0.00000312. The summed E-state index contributed by atoms with van der Waals surface area (Å²) in [5.41, 5.74) is 3.57. The van der Waals surface area contributed by atoms with Crippen LogP contribution in [0, 0.1) is 13.8 Å². The van der Waals surface area contributed by atoms with Crippen LogP contribution in [0.3, 0.4) is 0 Å². The van der Waals surface area contributed by atoms with E-state index in [0.29, 0.717) is 0 Å². The van der Waals surface area contributed by atoms with E-state index in [1.165, 1.54) is 11.1 Å². The van der Waals surface area contributed by atoms with Crippen molar-refractivity contribution in [3.8, 4) is 5.75 Å². The lowest BCUT2D eigenvalue weighted by molar-refractivity contribution is 0.411. The quantitative estimate of drug-likeness (QED) is 0.381. The highest BCUT2D eigenvalue weighted by molar-refractivity contribution is 14.0. The summed E-state index contributed by atoms with van der Waals surface area (Å²) in [6.07, 6.45) is 4.81. The number of ether oxygens (including phenoxy) is 1. The maximum Gasteiger partial charge on any atom is 0.191 e. The first-order chi connectivity index (χ1) is 11.6. The van der Waals surface area contributed by atoms with Crippen molar-refractivity contribution in [2.45, 2.75) is 26.8 Å². The molecule has 2 N–H and O–H groups in total. The number of hydrogen-bond acceptors (Lipinski definition) is 3. The third kappa shape index (κ3) is 6.93. The number of aromatic nitrogens is 2. The van der Waals surface area contributed by atoms with Crippen molar-refractivity contribution in [2.24, 2.45) is 4.99 Å². The molecule has 7 heteroatoms. The number of hydrogen-bond donors (Lipinski definition) is 2. The smallest absolute Gasteiger partial charge is 0.191 e. The van der Waals surface area contributed by atoms with Crippen LogP contribution < -0.4 is 15.4 Å². The van der Waals surface area contributed by atoms with Gasteiger partial charge >= 0.3 is 0 Å². The number of benzene rings is 1. The monoisotopic (exact) mass is 457 g/mol. The molecule has 6 nitrogen and oxygen atoms in total. The molecule has 2 aromatic rings. The number of methoxy groups -OCH3 is 1. The Hall–Kier alpha value is -1.77. The SMILES string of the molecule is CN=C(NCCc1ccc(C)c(OC)c1)NCCn1cc(C)cn1.I. The largest absolute Gasteiger partial charge is 0.496 e. The van der Waals surface area contributed by atoms with E-state index in [9.17, 15) is 0 Å². The topological polar surface area (TPSA) is 63.5 Å². The molecule has 2 rings (SSSR count). The van der Waals surface area contributed by atoms with Crippen LogP contribution in [-0.4, -0.2) is 43.0 Å². The second-order valence-corrected chi connectivity index (χ2v) is 5.76. The first-order valence-corrected chi connectivity index (χ1v) is 8.19. The van der Waals surface area contributed by atoms with Crippen molar-refractivity contribution >= 4 is 29.9 Å². The zero-order valence-electron chi connectivity index (χ0n) is 15.4. The van der Waals surface area contributed by atoms with Gasteiger partial charge in [0, 0.05) is 26.3 Å². The third-order valence-electron chi connectivity index (χ3n) is 3.80. The summed E-state index contributed by atoms with van der Waals surface area (Å²) in [5.74, 6) is 1.74. The van der Waals surface area contributed by atoms with Gasteiger partial charge in [-0.3, -0.25) is 9.67 Å². The number of aryl methyl sites for hydroxylation is 2. The van der Waals surface area contributed by atoms with Crippen molar-refractivity contribution in [1.82, 2.24) is 20.4 Å². The molecular weight excluding hydrogens is 429 g/mol. The van der Waals surface area contributed by atoms with Gasteiger partial charge in [0.25, 0.3) is 0 Å². The van der Waals surface area contributed by atoms with Crippen LogP contribution in [0.1, 0.15) is 16.7 Å². The second-order valence-electron chi connectivity index (χ2n) is 5.76. The molecule has 0 unspecified atom stereocenters. The number of aliphatic imine (C=N–C) groups is 1. The second kappa shape index (κ2) is 11.0. The third-order valence-corrected chi connectivity index (χ3v) is 3.80. The van der Waals surface area contributed by atoms with Gasteiger partial charge < -0.3 is 15.4 Å². The van der Waals surface area contributed by atoms with Gasteiger partial charge in [0.05, 0.1) is 19.9 Å². The Bertz CT molecular complexity index is 684. The minimum Gasteiger partial charge on any atom is -0.496 e. The van der Waals surface area contributed by atoms with Crippen LogP contribution in [0.4, 0.5) is 0 Å². The van der Waals surface area contributed by atoms with E-state index in [1.807, 2.05) is 30.9 Å². The molecule has 0 spiro atoms. The molecule has 0 saturated carbocycles. The molecule has 1 heterocycles. The van der Waals surface area contributed by atoms with Crippen LogP contribution in [0.25, 0.3) is 0 Å². The van der Waals surface area contributed by atoms with Crippen molar-refractivity contribution < 1.29 is 4.74 Å². The summed E-state index contributed by atoms with van der Waals surface area (Å²) in [7, 11) is 3.49. The lowest BCUT2D eigenvalue weighted by Gasteiger charge is -2.12. The highest BCUT2D eigenvalue weighted by Gasteiger charge is 2.02. The van der Waals surface area contributed by atoms with E-state index in [-0.39, 0.29) is 24.0 Å². The molecule has 0 aliphatic heterocycles. The van der Waals surface area contributed by atoms with E-state index in [1.54, 1.807) is 14.2 Å². The molecule has 1 aromatic heterocycles. The van der Waals surface area contributed by atoms with Crippen molar-refractivity contribution in [3.63, 3.8) is 0 Å². The highest BCUT2D eigenvalue weighted by atomic mass is 127. The lowest BCUT2D eigenvalue weighted by Crippen LogP contribution is -2.39. The summed E-state index contributed by atoms with van der Waals surface area (Å²) < 4.78 is 7.29. The summed E-state index contributed by atoms with van der Waals surface area (Å²) in [5, 5.41) is 10.9. The fourth-order valence-electron chi connectivity index (χ4n) is 2.44. The highest BCUT2D eigenvalue weighted by Crippen LogP contribution is 2.18. The van der Waals surface area contributed by atoms with Gasteiger partial charge in [0.2, 0.25) is 0 Å². The Morgan fingerprint density at radius 2 is 2.00 bits per heavy atom. The molecule has 0 aliphatic rings. The first kappa shape index (κ1) is 21.3. The molecule has 0 aliphatic carbocycles. The summed E-state index contributed by atoms with van der Waals surface area (Å²) >= 11 is 0. The summed E-state index contributed by atoms with van der Waals surface area (Å²) in [4.78, 5) is 4.24.